The lowest BCUT2D eigenvalue weighted by Crippen LogP contribution is -2.41. The summed E-state index contributed by atoms with van der Waals surface area (Å²) in [6.07, 6.45) is 2.22. The molecule has 2 amide bonds. The second-order valence-electron chi connectivity index (χ2n) is 6.33. The number of carbonyl (C=O) groups is 2. The average Bonchev–Trinajstić information content (AvgIpc) is 2.68. The van der Waals surface area contributed by atoms with Gasteiger partial charge in [-0.05, 0) is 55.7 Å². The zero-order valence-electron chi connectivity index (χ0n) is 15.9. The normalized spacial score (nSPS) is 11.8. The van der Waals surface area contributed by atoms with Crippen LogP contribution in [0.25, 0.3) is 0 Å². The largest absolute Gasteiger partial charge is 0.489 e. The highest BCUT2D eigenvalue weighted by molar-refractivity contribution is 6.35. The fourth-order valence-corrected chi connectivity index (χ4v) is 2.11. The highest BCUT2D eigenvalue weighted by Gasteiger charge is 2.14. The molecule has 0 fully saturated rings. The van der Waals surface area contributed by atoms with Crippen molar-refractivity contribution >= 4 is 18.0 Å². The highest BCUT2D eigenvalue weighted by atomic mass is 16.5. The Labute approximate surface area is 159 Å². The molecule has 27 heavy (non-hydrogen) atoms. The van der Waals surface area contributed by atoms with Gasteiger partial charge in [-0.3, -0.25) is 9.59 Å². The van der Waals surface area contributed by atoms with Crippen molar-refractivity contribution in [2.24, 2.45) is 5.10 Å². The first-order valence-electron chi connectivity index (χ1n) is 8.90. The van der Waals surface area contributed by atoms with Crippen molar-refractivity contribution in [2.75, 3.05) is 0 Å². The molecule has 2 N–H and O–H groups in total. The number of hydrazone groups is 1. The van der Waals surface area contributed by atoms with E-state index < -0.39 is 11.8 Å². The van der Waals surface area contributed by atoms with E-state index in [0.29, 0.717) is 6.61 Å². The number of ether oxygens (including phenoxy) is 1. The number of aryl methyl sites for hydroxylation is 1. The third-order valence-corrected chi connectivity index (χ3v) is 3.98. The standard InChI is InChI=1S/C21H25N3O3/c1-4-16(3)23-20(25)21(26)24-22-13-17-9-11-19(12-10-17)27-14-18-7-5-15(2)6-8-18/h5-13,16H,4,14H2,1-3H3,(H,23,25)(H,24,26)/b22-13-/t16-/m1/s1. The summed E-state index contributed by atoms with van der Waals surface area (Å²) in [6, 6.07) is 15.4. The van der Waals surface area contributed by atoms with E-state index in [2.05, 4.69) is 28.0 Å². The lowest BCUT2D eigenvalue weighted by molar-refractivity contribution is -0.139. The minimum absolute atomic E-state index is 0.0558. The summed E-state index contributed by atoms with van der Waals surface area (Å²) in [7, 11) is 0. The molecule has 0 heterocycles. The predicted molar refractivity (Wildman–Crippen MR) is 106 cm³/mol. The van der Waals surface area contributed by atoms with E-state index in [0.717, 1.165) is 23.3 Å². The summed E-state index contributed by atoms with van der Waals surface area (Å²) in [4.78, 5) is 23.2. The van der Waals surface area contributed by atoms with Crippen LogP contribution in [0, 0.1) is 6.92 Å². The number of rotatable bonds is 7. The molecule has 142 valence electrons. The average molecular weight is 367 g/mol. The monoisotopic (exact) mass is 367 g/mol. The Bertz CT molecular complexity index is 783. The van der Waals surface area contributed by atoms with E-state index in [1.807, 2.05) is 57.2 Å². The topological polar surface area (TPSA) is 79.8 Å². The van der Waals surface area contributed by atoms with Gasteiger partial charge in [0.15, 0.2) is 0 Å². The molecule has 2 rings (SSSR count). The molecular formula is C21H25N3O3. The molecule has 0 unspecified atom stereocenters. The fourth-order valence-electron chi connectivity index (χ4n) is 2.11. The van der Waals surface area contributed by atoms with Crippen molar-refractivity contribution in [2.45, 2.75) is 39.8 Å². The second kappa shape index (κ2) is 10.1. The minimum Gasteiger partial charge on any atom is -0.489 e. The van der Waals surface area contributed by atoms with Crippen LogP contribution in [0.4, 0.5) is 0 Å². The van der Waals surface area contributed by atoms with Gasteiger partial charge in [-0.2, -0.15) is 5.10 Å². The maximum Gasteiger partial charge on any atom is 0.329 e. The Morgan fingerprint density at radius 3 is 2.37 bits per heavy atom. The molecule has 0 aliphatic heterocycles. The Morgan fingerprint density at radius 1 is 1.07 bits per heavy atom. The maximum absolute atomic E-state index is 11.6. The first-order chi connectivity index (χ1) is 13.0. The summed E-state index contributed by atoms with van der Waals surface area (Å²) in [6.45, 7) is 6.30. The number of amides is 2. The van der Waals surface area contributed by atoms with Crippen LogP contribution < -0.4 is 15.5 Å². The number of nitrogens with one attached hydrogen (secondary N) is 2. The van der Waals surface area contributed by atoms with Crippen LogP contribution in [0.1, 0.15) is 37.0 Å². The van der Waals surface area contributed by atoms with Crippen LogP contribution in [-0.2, 0) is 16.2 Å². The summed E-state index contributed by atoms with van der Waals surface area (Å²) in [5.41, 5.74) is 5.31. The van der Waals surface area contributed by atoms with Gasteiger partial charge in [0.1, 0.15) is 12.4 Å². The van der Waals surface area contributed by atoms with E-state index in [1.54, 1.807) is 0 Å². The van der Waals surface area contributed by atoms with Gasteiger partial charge in [0.05, 0.1) is 6.21 Å². The third-order valence-electron chi connectivity index (χ3n) is 3.98. The van der Waals surface area contributed by atoms with Crippen molar-refractivity contribution in [1.29, 1.82) is 0 Å². The summed E-state index contributed by atoms with van der Waals surface area (Å²) in [5.74, 6) is -0.740. The number of hydrogen-bond donors (Lipinski definition) is 2. The zero-order chi connectivity index (χ0) is 19.6. The molecule has 2 aromatic rings. The van der Waals surface area contributed by atoms with Crippen molar-refractivity contribution < 1.29 is 14.3 Å². The summed E-state index contributed by atoms with van der Waals surface area (Å²) < 4.78 is 5.74. The molecule has 1 atom stereocenters. The Balaban J connectivity index is 1.80. The molecule has 0 aromatic heterocycles. The summed E-state index contributed by atoms with van der Waals surface area (Å²) >= 11 is 0. The van der Waals surface area contributed by atoms with E-state index >= 15 is 0 Å². The molecule has 6 heteroatoms. The molecule has 0 saturated heterocycles. The molecular weight excluding hydrogens is 342 g/mol. The van der Waals surface area contributed by atoms with Gasteiger partial charge >= 0.3 is 11.8 Å². The smallest absolute Gasteiger partial charge is 0.329 e. The molecule has 0 spiro atoms. The van der Waals surface area contributed by atoms with Gasteiger partial charge in [0, 0.05) is 6.04 Å². The Morgan fingerprint density at radius 2 is 1.74 bits per heavy atom. The first kappa shape index (κ1) is 20.2. The predicted octanol–water partition coefficient (Wildman–Crippen LogP) is 2.94. The highest BCUT2D eigenvalue weighted by Crippen LogP contribution is 2.14. The van der Waals surface area contributed by atoms with Crippen molar-refractivity contribution in [3.05, 3.63) is 65.2 Å². The second-order valence-corrected chi connectivity index (χ2v) is 6.33. The van der Waals surface area contributed by atoms with Gasteiger partial charge in [-0.25, -0.2) is 5.43 Å². The van der Waals surface area contributed by atoms with Gasteiger partial charge in [0.2, 0.25) is 0 Å². The minimum atomic E-state index is -0.787. The van der Waals surface area contributed by atoms with E-state index in [9.17, 15) is 9.59 Å². The van der Waals surface area contributed by atoms with Gasteiger partial charge in [0.25, 0.3) is 0 Å². The molecule has 2 aromatic carbocycles. The van der Waals surface area contributed by atoms with Crippen molar-refractivity contribution in [1.82, 2.24) is 10.7 Å². The van der Waals surface area contributed by atoms with Crippen LogP contribution >= 0.6 is 0 Å². The lowest BCUT2D eigenvalue weighted by atomic mass is 10.2. The number of benzene rings is 2. The molecule has 6 nitrogen and oxygen atoms in total. The molecule has 0 bridgehead atoms. The van der Waals surface area contributed by atoms with E-state index in [-0.39, 0.29) is 6.04 Å². The van der Waals surface area contributed by atoms with Crippen molar-refractivity contribution in [3.63, 3.8) is 0 Å². The van der Waals surface area contributed by atoms with E-state index in [1.165, 1.54) is 11.8 Å². The quantitative estimate of drug-likeness (QED) is 0.449. The van der Waals surface area contributed by atoms with Crippen LogP contribution in [0.5, 0.6) is 5.75 Å². The summed E-state index contributed by atoms with van der Waals surface area (Å²) in [5, 5.41) is 6.38. The van der Waals surface area contributed by atoms with Crippen molar-refractivity contribution in [3.8, 4) is 5.75 Å². The van der Waals surface area contributed by atoms with Crippen LogP contribution in [0.3, 0.4) is 0 Å². The first-order valence-corrected chi connectivity index (χ1v) is 8.90. The third kappa shape index (κ3) is 6.93. The number of nitrogens with zero attached hydrogens (tertiary/aromatic N) is 1. The SMILES string of the molecule is CC[C@@H](C)NC(=O)C(=O)N/N=C\c1ccc(OCc2ccc(C)cc2)cc1. The fraction of sp³-hybridized carbons (Fsp3) is 0.286. The Kier molecular flexibility index (Phi) is 7.55. The van der Waals surface area contributed by atoms with Crippen LogP contribution in [0.2, 0.25) is 0 Å². The number of carbonyl (C=O) groups excluding carboxylic acids is 2. The molecule has 0 aliphatic carbocycles. The molecule has 0 saturated carbocycles. The maximum atomic E-state index is 11.6. The van der Waals surface area contributed by atoms with Crippen LogP contribution in [-0.4, -0.2) is 24.1 Å². The lowest BCUT2D eigenvalue weighted by Gasteiger charge is -2.09. The van der Waals surface area contributed by atoms with E-state index in [4.69, 9.17) is 4.74 Å². The van der Waals surface area contributed by atoms with Gasteiger partial charge < -0.3 is 10.1 Å². The number of hydrogen-bond acceptors (Lipinski definition) is 4. The molecule has 0 radical (unpaired) electrons. The zero-order valence-corrected chi connectivity index (χ0v) is 15.9. The molecule has 0 aliphatic rings. The van der Waals surface area contributed by atoms with Gasteiger partial charge in [-0.1, -0.05) is 36.8 Å². The van der Waals surface area contributed by atoms with Gasteiger partial charge in [-0.15, -0.1) is 0 Å². The Hall–Kier alpha value is -3.15. The van der Waals surface area contributed by atoms with Crippen LogP contribution in [0.15, 0.2) is 53.6 Å².